The lowest BCUT2D eigenvalue weighted by Crippen LogP contribution is -2.30. The molecule has 0 amide bonds. The molecule has 107 heavy (non-hydrogen) atoms. The smallest absolute Gasteiger partial charge is 0.0599 e. The summed E-state index contributed by atoms with van der Waals surface area (Å²) >= 11 is 0. The van der Waals surface area contributed by atoms with Gasteiger partial charge in [0.05, 0.1) is 13.2 Å². The van der Waals surface area contributed by atoms with Gasteiger partial charge in [0.15, 0.2) is 0 Å². The first-order valence-corrected chi connectivity index (χ1v) is 44.0. The Hall–Kier alpha value is -5.84. The highest BCUT2D eigenvalue weighted by Crippen LogP contribution is 2.63. The second-order valence-corrected chi connectivity index (χ2v) is 37.2. The fourth-order valence-corrected chi connectivity index (χ4v) is 23.2. The number of fused-ring (bicyclic) bond motifs is 5. The van der Waals surface area contributed by atoms with Crippen molar-refractivity contribution in [2.24, 2.45) is 35.5 Å². The number of likely N-dealkylation sites (tertiary alicyclic amines) is 5. The van der Waals surface area contributed by atoms with Gasteiger partial charge in [0, 0.05) is 213 Å². The molecule has 10 aliphatic heterocycles. The summed E-state index contributed by atoms with van der Waals surface area (Å²) in [4.78, 5) is 25.8. The summed E-state index contributed by atoms with van der Waals surface area (Å²) in [6.07, 6.45) is 39.3. The minimum atomic E-state index is 0.428. The van der Waals surface area contributed by atoms with Gasteiger partial charge in [-0.1, -0.05) is 79.6 Å². The fourth-order valence-electron chi connectivity index (χ4n) is 23.2. The SMILES string of the molecule is C#CCN1CC2CC2(c2ccc(N3CCCCC3)cc2)C1.C=CCN1CC2CC2(c2ccc(N3CCCCC3)cc2)C1.CCCN1CC2CC2(c2ccc(N3CCCCC3)cc2)C1.COCCN1CC2CC2(c2ccc(N3CCCCC3)cc2)C1.c1cc([C@@]23C[C@@H]2CN(CC2CC2)C3)ccc1N1CCCCC1. The molecule has 16 fully saturated rings. The number of piperidine rings is 10. The molecule has 0 N–H and O–H groups in total. The third-order valence-electron chi connectivity index (χ3n) is 30.0. The molecular formula is C96H134N10O. The molecule has 16 aliphatic rings. The second kappa shape index (κ2) is 32.5. The van der Waals surface area contributed by atoms with Crippen LogP contribution in [0.15, 0.2) is 134 Å². The van der Waals surface area contributed by atoms with Gasteiger partial charge in [0.1, 0.15) is 0 Å². The average Bonchev–Trinajstić information content (AvgIpc) is 1.59. The fraction of sp³-hybridized carbons (Fsp3) is 0.646. The van der Waals surface area contributed by atoms with Crippen molar-refractivity contribution in [3.05, 3.63) is 162 Å². The standard InChI is InChI=1S/C20H28N2.C19H28N2O.C19H28N2.C19H26N2.C19H24N2/c1-2-10-22(11-3-1)19-8-6-17(7-9-19)20-12-18(20)14-21(15-20)13-16-4-5-16;1-22-12-11-20-14-17-13-19(17,15-20)16-5-7-18(8-6-16)21-9-3-2-4-10-21;3*1-2-10-20-14-17-13-19(17,15-20)16-6-8-18(9-7-16)21-11-4-3-5-12-21/h6-9,16,18H,1-5,10-15H2;5-8,17H,2-4,9-15H2,1H3;6-9,17H,2-5,10-15H2,1H3;2,6-9,17H,1,3-5,10-15H2;1,6-9,17H,3-5,10-15H2/t18-,20+;;;;/m1..../s1. The van der Waals surface area contributed by atoms with Crippen LogP contribution in [0.4, 0.5) is 28.4 Å². The van der Waals surface area contributed by atoms with Crippen LogP contribution in [0.5, 0.6) is 0 Å². The molecule has 0 spiro atoms. The molecule has 5 aromatic carbocycles. The van der Waals surface area contributed by atoms with E-state index in [0.29, 0.717) is 27.1 Å². The normalized spacial score (nSPS) is 32.4. The number of terminal acetylenes is 1. The molecule has 0 aromatic heterocycles. The third kappa shape index (κ3) is 16.2. The van der Waals surface area contributed by atoms with Crippen LogP contribution in [0.2, 0.25) is 0 Å². The van der Waals surface area contributed by atoms with Crippen molar-refractivity contribution in [3.8, 4) is 12.3 Å². The lowest BCUT2D eigenvalue weighted by Gasteiger charge is -2.29. The van der Waals surface area contributed by atoms with Crippen molar-refractivity contribution >= 4 is 28.4 Å². The van der Waals surface area contributed by atoms with E-state index in [2.05, 4.69) is 190 Å². The topological polar surface area (TPSA) is 41.6 Å². The number of rotatable bonds is 20. The van der Waals surface area contributed by atoms with Crippen LogP contribution in [-0.4, -0.2) is 202 Å². The summed E-state index contributed by atoms with van der Waals surface area (Å²) in [5.74, 6) is 8.32. The van der Waals surface area contributed by atoms with Gasteiger partial charge in [-0.25, -0.2) is 0 Å². The van der Waals surface area contributed by atoms with Crippen LogP contribution in [-0.2, 0) is 31.8 Å². The van der Waals surface area contributed by atoms with Crippen LogP contribution in [0, 0.1) is 47.9 Å². The number of ether oxygens (including phenoxy) is 1. The van der Waals surface area contributed by atoms with E-state index < -0.39 is 0 Å². The zero-order chi connectivity index (χ0) is 72.4. The highest BCUT2D eigenvalue weighted by molar-refractivity contribution is 5.56. The van der Waals surface area contributed by atoms with Crippen molar-refractivity contribution in [2.75, 3.05) is 202 Å². The van der Waals surface area contributed by atoms with Crippen molar-refractivity contribution in [2.45, 2.75) is 182 Å². The Morgan fingerprint density at radius 1 is 0.374 bits per heavy atom. The molecule has 11 heteroatoms. The quantitative estimate of drug-likeness (QED) is 0.0553. The predicted octanol–water partition coefficient (Wildman–Crippen LogP) is 16.5. The predicted molar refractivity (Wildman–Crippen MR) is 448 cm³/mol. The maximum Gasteiger partial charge on any atom is 0.0599 e. The number of methoxy groups -OCH3 is 1. The summed E-state index contributed by atoms with van der Waals surface area (Å²) in [5, 5.41) is 0. The van der Waals surface area contributed by atoms with Crippen molar-refractivity contribution in [1.29, 1.82) is 0 Å². The van der Waals surface area contributed by atoms with Gasteiger partial charge in [-0.2, -0.15) is 0 Å². The summed E-state index contributed by atoms with van der Waals surface area (Å²) in [6.45, 7) is 37.7. The molecule has 0 bridgehead atoms. The number of hydrogen-bond acceptors (Lipinski definition) is 11. The van der Waals surface area contributed by atoms with E-state index in [4.69, 9.17) is 11.2 Å². The van der Waals surface area contributed by atoms with Gasteiger partial charge < -0.3 is 39.0 Å². The van der Waals surface area contributed by atoms with E-state index in [0.717, 1.165) is 68.3 Å². The summed E-state index contributed by atoms with van der Waals surface area (Å²) in [6, 6.07) is 47.8. The highest BCUT2D eigenvalue weighted by Gasteiger charge is 2.64. The lowest BCUT2D eigenvalue weighted by atomic mass is 9.94. The number of anilines is 5. The van der Waals surface area contributed by atoms with Gasteiger partial charge in [-0.3, -0.25) is 14.7 Å². The highest BCUT2D eigenvalue weighted by atomic mass is 16.5. The average molecular weight is 1440 g/mol. The van der Waals surface area contributed by atoms with E-state index >= 15 is 0 Å². The number of hydrogen-bond donors (Lipinski definition) is 0. The first-order chi connectivity index (χ1) is 52.6. The molecule has 0 radical (unpaired) electrons. The van der Waals surface area contributed by atoms with Gasteiger partial charge in [-0.15, -0.1) is 13.0 Å². The molecule has 6 aliphatic carbocycles. The monoisotopic (exact) mass is 1440 g/mol. The van der Waals surface area contributed by atoms with Crippen LogP contribution in [0.1, 0.15) is 182 Å². The van der Waals surface area contributed by atoms with Crippen LogP contribution in [0.25, 0.3) is 0 Å². The van der Waals surface area contributed by atoms with E-state index in [1.54, 1.807) is 29.4 Å². The summed E-state index contributed by atoms with van der Waals surface area (Å²) in [5.41, 5.74) is 17.5. The van der Waals surface area contributed by atoms with Gasteiger partial charge in [-0.05, 0) is 278 Å². The molecule has 11 nitrogen and oxygen atoms in total. The zero-order valence-corrected chi connectivity index (χ0v) is 66.4. The van der Waals surface area contributed by atoms with E-state index in [1.165, 1.54) is 319 Å². The lowest BCUT2D eigenvalue weighted by molar-refractivity contribution is 0.153. The third-order valence-corrected chi connectivity index (χ3v) is 30.0. The molecular weight excluding hydrogens is 1310 g/mol. The van der Waals surface area contributed by atoms with Crippen LogP contribution < -0.4 is 24.5 Å². The molecule has 574 valence electrons. The maximum absolute atomic E-state index is 5.46. The largest absolute Gasteiger partial charge is 0.383 e. The molecule has 10 atom stereocenters. The minimum Gasteiger partial charge on any atom is -0.383 e. The number of benzene rings is 5. The Morgan fingerprint density at radius 3 is 0.935 bits per heavy atom. The summed E-state index contributed by atoms with van der Waals surface area (Å²) in [7, 11) is 1.80. The van der Waals surface area contributed by atoms with Crippen LogP contribution in [0.3, 0.4) is 0 Å². The Labute approximate surface area is 647 Å². The molecule has 10 heterocycles. The Morgan fingerprint density at radius 2 is 0.645 bits per heavy atom. The van der Waals surface area contributed by atoms with E-state index in [1.807, 2.05) is 6.08 Å². The first-order valence-electron chi connectivity index (χ1n) is 44.0. The van der Waals surface area contributed by atoms with Crippen LogP contribution >= 0.6 is 0 Å². The Kier molecular flexibility index (Phi) is 22.4. The minimum absolute atomic E-state index is 0.428. The maximum atomic E-state index is 5.46. The molecule has 5 aromatic rings. The second-order valence-electron chi connectivity index (χ2n) is 37.2. The molecule has 21 rings (SSSR count). The van der Waals surface area contributed by atoms with Crippen molar-refractivity contribution in [3.63, 3.8) is 0 Å². The van der Waals surface area contributed by atoms with Crippen molar-refractivity contribution < 1.29 is 4.74 Å². The molecule has 10 saturated heterocycles. The number of nitrogens with zero attached hydrogens (tertiary/aromatic N) is 10. The Balaban J connectivity index is 0.0000000982. The van der Waals surface area contributed by atoms with Gasteiger partial charge in [0.2, 0.25) is 0 Å². The molecule has 8 unspecified atom stereocenters. The first kappa shape index (κ1) is 73.9. The summed E-state index contributed by atoms with van der Waals surface area (Å²) < 4.78 is 5.23. The van der Waals surface area contributed by atoms with E-state index in [9.17, 15) is 0 Å². The van der Waals surface area contributed by atoms with Crippen molar-refractivity contribution in [1.82, 2.24) is 24.5 Å². The van der Waals surface area contributed by atoms with E-state index in [-0.39, 0.29) is 0 Å². The zero-order valence-electron chi connectivity index (χ0n) is 66.4. The molecule has 6 saturated carbocycles. The van der Waals surface area contributed by atoms with Gasteiger partial charge >= 0.3 is 0 Å². The Bertz CT molecular complexity index is 3750. The van der Waals surface area contributed by atoms with Gasteiger partial charge in [0.25, 0.3) is 0 Å².